The standard InChI is InChI=1S/C27H29ClN2O3/c28-23-12-4-3-10-21(23)15-16-26(31)30-18-7-1-2-8-19-32-24-13-5-6-14-25(24)33-27-22(20-30)11-9-17-29-27/h3-6,9-14,17H,1-2,7-8,15-16,18-20H2. The molecule has 1 aromatic heterocycles. The Labute approximate surface area is 200 Å². The Morgan fingerprint density at radius 2 is 1.73 bits per heavy atom. The molecule has 4 rings (SSSR count). The van der Waals surface area contributed by atoms with E-state index in [4.69, 9.17) is 21.1 Å². The van der Waals surface area contributed by atoms with Crippen LogP contribution in [0.25, 0.3) is 0 Å². The van der Waals surface area contributed by atoms with Crippen LogP contribution < -0.4 is 9.47 Å². The minimum atomic E-state index is 0.112. The molecule has 0 aliphatic carbocycles. The highest BCUT2D eigenvalue weighted by atomic mass is 35.5. The second-order valence-corrected chi connectivity index (χ2v) is 8.59. The second kappa shape index (κ2) is 11.7. The number of para-hydroxylation sites is 2. The van der Waals surface area contributed by atoms with Gasteiger partial charge in [0.05, 0.1) is 13.2 Å². The van der Waals surface area contributed by atoms with E-state index in [0.29, 0.717) is 54.9 Å². The van der Waals surface area contributed by atoms with Gasteiger partial charge in [0.25, 0.3) is 0 Å². The zero-order valence-electron chi connectivity index (χ0n) is 18.7. The third-order valence-corrected chi connectivity index (χ3v) is 6.13. The van der Waals surface area contributed by atoms with E-state index in [2.05, 4.69) is 4.98 Å². The third kappa shape index (κ3) is 6.48. The SMILES string of the molecule is O=C(CCc1ccccc1Cl)N1CCCCCCOc2ccccc2Oc2ncccc2C1. The molecule has 172 valence electrons. The molecule has 1 aliphatic rings. The average Bonchev–Trinajstić information content (AvgIpc) is 2.83. The molecule has 0 N–H and O–H groups in total. The predicted octanol–water partition coefficient (Wildman–Crippen LogP) is 6.44. The van der Waals surface area contributed by atoms with Crippen LogP contribution in [0.5, 0.6) is 17.4 Å². The molecule has 1 amide bonds. The van der Waals surface area contributed by atoms with Gasteiger partial charge in [0.15, 0.2) is 11.5 Å². The molecule has 0 saturated carbocycles. The van der Waals surface area contributed by atoms with E-state index in [1.165, 1.54) is 0 Å². The van der Waals surface area contributed by atoms with Crippen molar-refractivity contribution in [1.82, 2.24) is 9.88 Å². The van der Waals surface area contributed by atoms with Crippen LogP contribution in [0.15, 0.2) is 66.9 Å². The molecule has 0 bridgehead atoms. The zero-order valence-corrected chi connectivity index (χ0v) is 19.5. The number of ether oxygens (including phenoxy) is 2. The van der Waals surface area contributed by atoms with Gasteiger partial charge in [-0.15, -0.1) is 0 Å². The van der Waals surface area contributed by atoms with Crippen molar-refractivity contribution in [3.05, 3.63) is 83.0 Å². The fourth-order valence-electron chi connectivity index (χ4n) is 3.93. The number of rotatable bonds is 3. The second-order valence-electron chi connectivity index (χ2n) is 8.19. The van der Waals surface area contributed by atoms with Crippen molar-refractivity contribution in [3.8, 4) is 17.4 Å². The number of aryl methyl sites for hydroxylation is 1. The Balaban J connectivity index is 1.54. The smallest absolute Gasteiger partial charge is 0.224 e. The summed E-state index contributed by atoms with van der Waals surface area (Å²) in [6.07, 6.45) is 6.76. The van der Waals surface area contributed by atoms with Crippen LogP contribution in [0, 0.1) is 0 Å². The number of benzene rings is 2. The van der Waals surface area contributed by atoms with Crippen molar-refractivity contribution >= 4 is 17.5 Å². The van der Waals surface area contributed by atoms with Gasteiger partial charge in [-0.1, -0.05) is 60.8 Å². The summed E-state index contributed by atoms with van der Waals surface area (Å²) in [5.41, 5.74) is 1.87. The minimum Gasteiger partial charge on any atom is -0.490 e. The first-order valence-electron chi connectivity index (χ1n) is 11.6. The molecule has 6 heteroatoms. The molecule has 5 nitrogen and oxygen atoms in total. The van der Waals surface area contributed by atoms with E-state index >= 15 is 0 Å². The normalized spacial score (nSPS) is 14.8. The molecule has 3 aromatic rings. The van der Waals surface area contributed by atoms with Crippen LogP contribution in [-0.2, 0) is 17.8 Å². The van der Waals surface area contributed by atoms with Crippen molar-refractivity contribution in [3.63, 3.8) is 0 Å². The molecule has 2 heterocycles. The van der Waals surface area contributed by atoms with Gasteiger partial charge in [0, 0.05) is 29.7 Å². The van der Waals surface area contributed by atoms with Crippen molar-refractivity contribution < 1.29 is 14.3 Å². The van der Waals surface area contributed by atoms with Gasteiger partial charge in [0.1, 0.15) is 0 Å². The minimum absolute atomic E-state index is 0.112. The number of halogens is 1. The molecular weight excluding hydrogens is 436 g/mol. The topological polar surface area (TPSA) is 51.7 Å². The highest BCUT2D eigenvalue weighted by Crippen LogP contribution is 2.32. The van der Waals surface area contributed by atoms with Crippen molar-refractivity contribution in [1.29, 1.82) is 0 Å². The van der Waals surface area contributed by atoms with Crippen molar-refractivity contribution in [2.24, 2.45) is 0 Å². The van der Waals surface area contributed by atoms with E-state index < -0.39 is 0 Å². The maximum atomic E-state index is 13.2. The number of hydrogen-bond acceptors (Lipinski definition) is 4. The van der Waals surface area contributed by atoms with Crippen LogP contribution in [0.2, 0.25) is 5.02 Å². The lowest BCUT2D eigenvalue weighted by atomic mass is 10.1. The maximum absolute atomic E-state index is 13.2. The van der Waals surface area contributed by atoms with Gasteiger partial charge in [-0.3, -0.25) is 4.79 Å². The van der Waals surface area contributed by atoms with Gasteiger partial charge in [0.2, 0.25) is 11.8 Å². The van der Waals surface area contributed by atoms with E-state index in [-0.39, 0.29) is 5.91 Å². The highest BCUT2D eigenvalue weighted by molar-refractivity contribution is 6.31. The number of carbonyl (C=O) groups is 1. The van der Waals surface area contributed by atoms with E-state index in [1.807, 2.05) is 65.6 Å². The summed E-state index contributed by atoms with van der Waals surface area (Å²) in [6, 6.07) is 19.2. The lowest BCUT2D eigenvalue weighted by Gasteiger charge is -2.24. The molecule has 0 unspecified atom stereocenters. The largest absolute Gasteiger partial charge is 0.490 e. The lowest BCUT2D eigenvalue weighted by Crippen LogP contribution is -2.32. The maximum Gasteiger partial charge on any atom is 0.224 e. The Morgan fingerprint density at radius 1 is 0.939 bits per heavy atom. The molecule has 0 saturated heterocycles. The van der Waals surface area contributed by atoms with Crippen LogP contribution in [-0.4, -0.2) is 28.9 Å². The molecule has 0 radical (unpaired) electrons. The summed E-state index contributed by atoms with van der Waals surface area (Å²) in [4.78, 5) is 19.6. The number of pyridine rings is 1. The summed E-state index contributed by atoms with van der Waals surface area (Å²) in [5.74, 6) is 1.94. The van der Waals surface area contributed by atoms with Crippen LogP contribution in [0.4, 0.5) is 0 Å². The molecule has 33 heavy (non-hydrogen) atoms. The Morgan fingerprint density at radius 3 is 2.61 bits per heavy atom. The summed E-state index contributed by atoms with van der Waals surface area (Å²) >= 11 is 6.29. The highest BCUT2D eigenvalue weighted by Gasteiger charge is 2.18. The van der Waals surface area contributed by atoms with Crippen molar-refractivity contribution in [2.75, 3.05) is 13.2 Å². The van der Waals surface area contributed by atoms with Crippen LogP contribution in [0.3, 0.4) is 0 Å². The number of carbonyl (C=O) groups excluding carboxylic acids is 1. The van der Waals surface area contributed by atoms with Gasteiger partial charge in [-0.2, -0.15) is 0 Å². The molecule has 0 fully saturated rings. The number of aromatic nitrogens is 1. The first kappa shape index (κ1) is 23.1. The number of fused-ring (bicyclic) bond motifs is 2. The lowest BCUT2D eigenvalue weighted by molar-refractivity contribution is -0.131. The van der Waals surface area contributed by atoms with E-state index in [1.54, 1.807) is 6.20 Å². The molecule has 1 aliphatic heterocycles. The van der Waals surface area contributed by atoms with E-state index in [9.17, 15) is 4.79 Å². The first-order chi connectivity index (χ1) is 16.2. The summed E-state index contributed by atoms with van der Waals surface area (Å²) < 4.78 is 12.1. The van der Waals surface area contributed by atoms with Gasteiger partial charge in [-0.25, -0.2) is 4.98 Å². The first-order valence-corrected chi connectivity index (χ1v) is 11.9. The fourth-order valence-corrected chi connectivity index (χ4v) is 4.16. The number of hydrogen-bond donors (Lipinski definition) is 0. The molecule has 0 atom stereocenters. The summed E-state index contributed by atoms with van der Waals surface area (Å²) in [7, 11) is 0. The van der Waals surface area contributed by atoms with Gasteiger partial charge < -0.3 is 14.4 Å². The fraction of sp³-hybridized carbons (Fsp3) is 0.333. The summed E-state index contributed by atoms with van der Waals surface area (Å²) in [5, 5.41) is 0.704. The van der Waals surface area contributed by atoms with E-state index in [0.717, 1.165) is 36.8 Å². The Kier molecular flexibility index (Phi) is 8.20. The molecule has 0 spiro atoms. The predicted molar refractivity (Wildman–Crippen MR) is 130 cm³/mol. The Hall–Kier alpha value is -3.05. The zero-order chi connectivity index (χ0) is 22.9. The molecular formula is C27H29ClN2O3. The van der Waals surface area contributed by atoms with Crippen LogP contribution in [0.1, 0.15) is 43.2 Å². The third-order valence-electron chi connectivity index (χ3n) is 5.77. The average molecular weight is 465 g/mol. The van der Waals surface area contributed by atoms with Gasteiger partial charge in [-0.05, 0) is 49.1 Å². The number of nitrogens with zero attached hydrogens (tertiary/aromatic N) is 2. The Bertz CT molecular complexity index is 1070. The van der Waals surface area contributed by atoms with Crippen molar-refractivity contribution in [2.45, 2.75) is 45.1 Å². The monoisotopic (exact) mass is 464 g/mol. The van der Waals surface area contributed by atoms with Gasteiger partial charge >= 0.3 is 0 Å². The molecule has 2 aromatic carbocycles. The van der Waals surface area contributed by atoms with Crippen LogP contribution >= 0.6 is 11.6 Å². The quantitative estimate of drug-likeness (QED) is 0.447. The number of amides is 1. The summed E-state index contributed by atoms with van der Waals surface area (Å²) in [6.45, 7) is 1.79.